The molecule has 2 rings (SSSR count). The molecule has 116 valence electrons. The number of aryl methyl sites for hydroxylation is 3. The number of amides is 1. The molecule has 1 amide bonds. The summed E-state index contributed by atoms with van der Waals surface area (Å²) >= 11 is 0. The van der Waals surface area contributed by atoms with Crippen LogP contribution in [0.4, 0.5) is 0 Å². The van der Waals surface area contributed by atoms with E-state index in [1.54, 1.807) is 0 Å². The van der Waals surface area contributed by atoms with Crippen LogP contribution >= 0.6 is 0 Å². The van der Waals surface area contributed by atoms with E-state index in [-0.39, 0.29) is 12.5 Å². The summed E-state index contributed by atoms with van der Waals surface area (Å²) < 4.78 is 5.81. The summed E-state index contributed by atoms with van der Waals surface area (Å²) in [5.74, 6) is 0.937. The van der Waals surface area contributed by atoms with Crippen LogP contribution in [0.25, 0.3) is 0 Å². The summed E-state index contributed by atoms with van der Waals surface area (Å²) in [6, 6.07) is 4.59. The molecule has 0 unspecified atom stereocenters. The first-order valence-corrected chi connectivity index (χ1v) is 7.95. The fourth-order valence-electron chi connectivity index (χ4n) is 3.30. The fourth-order valence-corrected chi connectivity index (χ4v) is 3.30. The first-order valence-electron chi connectivity index (χ1n) is 7.95. The third-order valence-electron chi connectivity index (χ3n) is 4.46. The van der Waals surface area contributed by atoms with Crippen LogP contribution in [-0.2, 0) is 4.79 Å². The van der Waals surface area contributed by atoms with E-state index in [2.05, 4.69) is 19.1 Å². The van der Waals surface area contributed by atoms with Crippen LogP contribution in [0.3, 0.4) is 0 Å². The van der Waals surface area contributed by atoms with Crippen molar-refractivity contribution in [1.29, 1.82) is 0 Å². The zero-order valence-corrected chi connectivity index (χ0v) is 13.7. The lowest BCUT2D eigenvalue weighted by molar-refractivity contribution is -0.134. The quantitative estimate of drug-likeness (QED) is 0.844. The van der Waals surface area contributed by atoms with Gasteiger partial charge in [-0.05, 0) is 44.7 Å². The zero-order valence-electron chi connectivity index (χ0n) is 13.7. The summed E-state index contributed by atoms with van der Waals surface area (Å²) in [6.07, 6.45) is 6.03. The highest BCUT2D eigenvalue weighted by atomic mass is 16.5. The highest BCUT2D eigenvalue weighted by molar-refractivity contribution is 5.78. The Bertz CT molecular complexity index is 481. The van der Waals surface area contributed by atoms with Crippen molar-refractivity contribution in [1.82, 2.24) is 4.90 Å². The highest BCUT2D eigenvalue weighted by Gasteiger charge is 2.22. The molecular formula is C18H27NO2. The first-order chi connectivity index (χ1) is 9.99. The molecule has 0 N–H and O–H groups in total. The Labute approximate surface area is 128 Å². The minimum Gasteiger partial charge on any atom is -0.483 e. The minimum absolute atomic E-state index is 0.0845. The topological polar surface area (TPSA) is 29.5 Å². The van der Waals surface area contributed by atoms with Gasteiger partial charge in [-0.2, -0.15) is 0 Å². The molecule has 0 heterocycles. The standard InChI is InChI=1S/C18H27NO2/c1-13-10-14(2)18(15(3)11-13)21-12-17(20)19(4)16-8-6-5-7-9-16/h10-11,16H,5-9,12H2,1-4H3. The maximum atomic E-state index is 12.3. The first kappa shape index (κ1) is 15.9. The van der Waals surface area contributed by atoms with Gasteiger partial charge in [0.15, 0.2) is 6.61 Å². The number of ether oxygens (including phenoxy) is 1. The van der Waals surface area contributed by atoms with Gasteiger partial charge in [-0.25, -0.2) is 0 Å². The smallest absolute Gasteiger partial charge is 0.260 e. The fraction of sp³-hybridized carbons (Fsp3) is 0.611. The minimum atomic E-state index is 0.0845. The lowest BCUT2D eigenvalue weighted by Gasteiger charge is -2.31. The van der Waals surface area contributed by atoms with Crippen molar-refractivity contribution >= 4 is 5.91 Å². The molecule has 1 aromatic carbocycles. The van der Waals surface area contributed by atoms with E-state index in [1.165, 1.54) is 24.8 Å². The predicted molar refractivity (Wildman–Crippen MR) is 85.8 cm³/mol. The van der Waals surface area contributed by atoms with E-state index in [1.807, 2.05) is 25.8 Å². The Kier molecular flexibility index (Phi) is 5.27. The normalized spacial score (nSPS) is 15.8. The van der Waals surface area contributed by atoms with Crippen LogP contribution in [0, 0.1) is 20.8 Å². The van der Waals surface area contributed by atoms with E-state index in [4.69, 9.17) is 4.74 Å². The van der Waals surface area contributed by atoms with Gasteiger partial charge >= 0.3 is 0 Å². The van der Waals surface area contributed by atoms with E-state index in [0.29, 0.717) is 6.04 Å². The SMILES string of the molecule is Cc1cc(C)c(OCC(=O)N(C)C2CCCCC2)c(C)c1. The van der Waals surface area contributed by atoms with E-state index < -0.39 is 0 Å². The zero-order chi connectivity index (χ0) is 15.4. The summed E-state index contributed by atoms with van der Waals surface area (Å²) in [4.78, 5) is 14.2. The second-order valence-corrected chi connectivity index (χ2v) is 6.31. The summed E-state index contributed by atoms with van der Waals surface area (Å²) in [5, 5.41) is 0. The highest BCUT2D eigenvalue weighted by Crippen LogP contribution is 2.25. The molecule has 0 radical (unpaired) electrons. The Balaban J connectivity index is 1.94. The summed E-state index contributed by atoms with van der Waals surface area (Å²) in [6.45, 7) is 6.28. The maximum absolute atomic E-state index is 12.3. The van der Waals surface area contributed by atoms with Crippen LogP contribution in [0.2, 0.25) is 0 Å². The van der Waals surface area contributed by atoms with Gasteiger partial charge in [0.05, 0.1) is 0 Å². The Hall–Kier alpha value is -1.51. The van der Waals surface area contributed by atoms with Crippen LogP contribution in [0.15, 0.2) is 12.1 Å². The van der Waals surface area contributed by atoms with Gasteiger partial charge < -0.3 is 9.64 Å². The van der Waals surface area contributed by atoms with Crippen molar-refractivity contribution in [3.05, 3.63) is 28.8 Å². The maximum Gasteiger partial charge on any atom is 0.260 e. The lowest BCUT2D eigenvalue weighted by Crippen LogP contribution is -2.40. The van der Waals surface area contributed by atoms with Crippen molar-refractivity contribution in [2.24, 2.45) is 0 Å². The lowest BCUT2D eigenvalue weighted by atomic mass is 9.94. The van der Waals surface area contributed by atoms with Crippen LogP contribution in [0.1, 0.15) is 48.8 Å². The molecule has 0 aromatic heterocycles. The van der Waals surface area contributed by atoms with Gasteiger partial charge in [-0.1, -0.05) is 37.0 Å². The Morgan fingerprint density at radius 3 is 2.29 bits per heavy atom. The molecule has 1 aliphatic rings. The van der Waals surface area contributed by atoms with Crippen molar-refractivity contribution in [2.45, 2.75) is 58.9 Å². The molecule has 1 saturated carbocycles. The number of hydrogen-bond donors (Lipinski definition) is 0. The van der Waals surface area contributed by atoms with Gasteiger partial charge in [0, 0.05) is 13.1 Å². The molecule has 1 aliphatic carbocycles. The van der Waals surface area contributed by atoms with E-state index in [0.717, 1.165) is 29.7 Å². The average Bonchev–Trinajstić information content (AvgIpc) is 2.46. The molecule has 1 fully saturated rings. The van der Waals surface area contributed by atoms with Crippen molar-refractivity contribution in [2.75, 3.05) is 13.7 Å². The average molecular weight is 289 g/mol. The van der Waals surface area contributed by atoms with Crippen molar-refractivity contribution in [3.63, 3.8) is 0 Å². The monoisotopic (exact) mass is 289 g/mol. The largest absolute Gasteiger partial charge is 0.483 e. The summed E-state index contributed by atoms with van der Waals surface area (Å²) in [5.41, 5.74) is 3.42. The molecule has 3 nitrogen and oxygen atoms in total. The number of rotatable bonds is 4. The number of carbonyl (C=O) groups excluding carboxylic acids is 1. The molecule has 0 bridgehead atoms. The molecular weight excluding hydrogens is 262 g/mol. The molecule has 3 heteroatoms. The van der Waals surface area contributed by atoms with Crippen LogP contribution < -0.4 is 4.74 Å². The van der Waals surface area contributed by atoms with Crippen LogP contribution in [-0.4, -0.2) is 30.5 Å². The van der Waals surface area contributed by atoms with Gasteiger partial charge in [-0.3, -0.25) is 4.79 Å². The van der Waals surface area contributed by atoms with Gasteiger partial charge in [0.25, 0.3) is 5.91 Å². The van der Waals surface area contributed by atoms with Crippen molar-refractivity contribution in [3.8, 4) is 5.75 Å². The van der Waals surface area contributed by atoms with Crippen molar-refractivity contribution < 1.29 is 9.53 Å². The van der Waals surface area contributed by atoms with E-state index >= 15 is 0 Å². The molecule has 0 saturated heterocycles. The van der Waals surface area contributed by atoms with E-state index in [9.17, 15) is 4.79 Å². The van der Waals surface area contributed by atoms with Gasteiger partial charge in [0.2, 0.25) is 0 Å². The number of likely N-dealkylation sites (N-methyl/N-ethyl adjacent to an activating group) is 1. The summed E-state index contributed by atoms with van der Waals surface area (Å²) in [7, 11) is 1.91. The molecule has 0 aliphatic heterocycles. The number of benzene rings is 1. The number of carbonyl (C=O) groups is 1. The Morgan fingerprint density at radius 2 is 1.71 bits per heavy atom. The molecule has 0 spiro atoms. The third-order valence-corrected chi connectivity index (χ3v) is 4.46. The van der Waals surface area contributed by atoms with Gasteiger partial charge in [0.1, 0.15) is 5.75 Å². The second kappa shape index (κ2) is 6.97. The molecule has 1 aromatic rings. The molecule has 0 atom stereocenters. The molecule has 21 heavy (non-hydrogen) atoms. The number of hydrogen-bond acceptors (Lipinski definition) is 2. The van der Waals surface area contributed by atoms with Crippen LogP contribution in [0.5, 0.6) is 5.75 Å². The third kappa shape index (κ3) is 3.99. The van der Waals surface area contributed by atoms with Gasteiger partial charge in [-0.15, -0.1) is 0 Å². The Morgan fingerprint density at radius 1 is 1.14 bits per heavy atom. The predicted octanol–water partition coefficient (Wildman–Crippen LogP) is 3.78. The number of nitrogens with zero attached hydrogens (tertiary/aromatic N) is 1. The second-order valence-electron chi connectivity index (χ2n) is 6.31.